The molecule has 0 aliphatic carbocycles. The molecule has 0 radical (unpaired) electrons. The first kappa shape index (κ1) is 15.3. The molecule has 3 nitrogen and oxygen atoms in total. The van der Waals surface area contributed by atoms with Gasteiger partial charge in [-0.05, 0) is 61.9 Å². The van der Waals surface area contributed by atoms with Crippen LogP contribution < -0.4 is 5.73 Å². The molecule has 2 fully saturated rings. The molecule has 2 N–H and O–H groups in total. The Kier molecular flexibility index (Phi) is 4.85. The molecule has 2 unspecified atom stereocenters. The third-order valence-corrected chi connectivity index (χ3v) is 5.37. The van der Waals surface area contributed by atoms with Crippen LogP contribution in [0.15, 0.2) is 18.2 Å². The van der Waals surface area contributed by atoms with Crippen molar-refractivity contribution in [3.63, 3.8) is 0 Å². The van der Waals surface area contributed by atoms with Crippen LogP contribution in [0.2, 0.25) is 5.02 Å². The lowest BCUT2D eigenvalue weighted by atomic mass is 9.90. The van der Waals surface area contributed by atoms with Crippen LogP contribution in [0, 0.1) is 5.92 Å². The van der Waals surface area contributed by atoms with Gasteiger partial charge in [0, 0.05) is 30.8 Å². The Labute approximate surface area is 132 Å². The van der Waals surface area contributed by atoms with Crippen LogP contribution >= 0.6 is 11.6 Å². The molecule has 2 atom stereocenters. The molecular formula is C17H25ClN2O. The van der Waals surface area contributed by atoms with Crippen molar-refractivity contribution in [3.8, 4) is 0 Å². The minimum absolute atomic E-state index is 0.458. The smallest absolute Gasteiger partial charge is 0.0471 e. The topological polar surface area (TPSA) is 38.5 Å². The molecule has 2 aliphatic rings. The first-order valence-electron chi connectivity index (χ1n) is 7.96. The Morgan fingerprint density at radius 1 is 1.33 bits per heavy atom. The van der Waals surface area contributed by atoms with Gasteiger partial charge < -0.3 is 10.5 Å². The Balaban J connectivity index is 1.77. The first-order valence-corrected chi connectivity index (χ1v) is 8.34. The van der Waals surface area contributed by atoms with Crippen LogP contribution in [0.4, 0.5) is 0 Å². The van der Waals surface area contributed by atoms with Crippen molar-refractivity contribution in [2.24, 2.45) is 11.7 Å². The molecule has 0 bridgehead atoms. The van der Waals surface area contributed by atoms with Crippen LogP contribution in [0.3, 0.4) is 0 Å². The second-order valence-corrected chi connectivity index (χ2v) is 6.87. The highest BCUT2D eigenvalue weighted by Crippen LogP contribution is 2.38. The summed E-state index contributed by atoms with van der Waals surface area (Å²) in [5, 5.41) is 0.920. The molecule has 21 heavy (non-hydrogen) atoms. The lowest BCUT2D eigenvalue weighted by molar-refractivity contribution is 0.0853. The Morgan fingerprint density at radius 3 is 2.71 bits per heavy atom. The van der Waals surface area contributed by atoms with E-state index in [0.29, 0.717) is 17.9 Å². The highest BCUT2D eigenvalue weighted by atomic mass is 35.5. The van der Waals surface area contributed by atoms with E-state index in [2.05, 4.69) is 30.1 Å². The average Bonchev–Trinajstić information content (AvgIpc) is 2.89. The number of rotatable bonds is 3. The highest BCUT2D eigenvalue weighted by Gasteiger charge is 2.30. The highest BCUT2D eigenvalue weighted by molar-refractivity contribution is 6.31. The lowest BCUT2D eigenvalue weighted by Gasteiger charge is -2.25. The summed E-state index contributed by atoms with van der Waals surface area (Å²) < 4.78 is 5.44. The molecule has 0 amide bonds. The molecule has 0 saturated carbocycles. The zero-order chi connectivity index (χ0) is 14.8. The fourth-order valence-corrected chi connectivity index (χ4v) is 4.10. The SMILES string of the molecule is CN1CC(CN)CC1c1ccc(C2CCOCC2)c(Cl)c1. The van der Waals surface area contributed by atoms with Gasteiger partial charge in [-0.2, -0.15) is 0 Å². The number of likely N-dealkylation sites (tertiary alicyclic amines) is 1. The van der Waals surface area contributed by atoms with Crippen molar-refractivity contribution in [1.82, 2.24) is 4.90 Å². The van der Waals surface area contributed by atoms with Gasteiger partial charge in [0.25, 0.3) is 0 Å². The van der Waals surface area contributed by atoms with Gasteiger partial charge in [-0.3, -0.25) is 4.90 Å². The van der Waals surface area contributed by atoms with Crippen LogP contribution in [-0.4, -0.2) is 38.3 Å². The number of hydrogen-bond donors (Lipinski definition) is 1. The summed E-state index contributed by atoms with van der Waals surface area (Å²) in [6.07, 6.45) is 3.30. The minimum atomic E-state index is 0.458. The predicted octanol–water partition coefficient (Wildman–Crippen LogP) is 3.19. The van der Waals surface area contributed by atoms with Gasteiger partial charge in [0.15, 0.2) is 0 Å². The number of halogens is 1. The number of benzene rings is 1. The van der Waals surface area contributed by atoms with E-state index >= 15 is 0 Å². The van der Waals surface area contributed by atoms with Crippen molar-refractivity contribution >= 4 is 11.6 Å². The van der Waals surface area contributed by atoms with E-state index in [1.165, 1.54) is 11.1 Å². The molecule has 0 spiro atoms. The van der Waals surface area contributed by atoms with Gasteiger partial charge in [0.05, 0.1) is 0 Å². The fourth-order valence-electron chi connectivity index (χ4n) is 3.76. The molecular weight excluding hydrogens is 284 g/mol. The minimum Gasteiger partial charge on any atom is -0.381 e. The van der Waals surface area contributed by atoms with E-state index in [1.807, 2.05) is 0 Å². The third-order valence-electron chi connectivity index (χ3n) is 5.04. The Bertz CT molecular complexity index is 488. The van der Waals surface area contributed by atoms with Crippen molar-refractivity contribution in [3.05, 3.63) is 34.3 Å². The molecule has 1 aromatic carbocycles. The van der Waals surface area contributed by atoms with E-state index in [-0.39, 0.29) is 0 Å². The first-order chi connectivity index (χ1) is 10.2. The maximum absolute atomic E-state index is 6.58. The van der Waals surface area contributed by atoms with E-state index in [0.717, 1.165) is 50.6 Å². The summed E-state index contributed by atoms with van der Waals surface area (Å²) in [6.45, 7) is 3.56. The zero-order valence-electron chi connectivity index (χ0n) is 12.7. The van der Waals surface area contributed by atoms with Gasteiger partial charge in [0.2, 0.25) is 0 Å². The monoisotopic (exact) mass is 308 g/mol. The van der Waals surface area contributed by atoms with Crippen LogP contribution in [0.5, 0.6) is 0 Å². The third kappa shape index (κ3) is 3.26. The van der Waals surface area contributed by atoms with Crippen molar-refractivity contribution < 1.29 is 4.74 Å². The molecule has 2 heterocycles. The summed E-state index contributed by atoms with van der Waals surface area (Å²) in [7, 11) is 2.18. The van der Waals surface area contributed by atoms with Gasteiger partial charge >= 0.3 is 0 Å². The summed E-state index contributed by atoms with van der Waals surface area (Å²) in [5.41, 5.74) is 8.44. The molecule has 4 heteroatoms. The summed E-state index contributed by atoms with van der Waals surface area (Å²) in [5.74, 6) is 1.16. The Hall–Kier alpha value is -0.610. The average molecular weight is 309 g/mol. The maximum atomic E-state index is 6.58. The standard InChI is InChI=1S/C17H25ClN2O/c1-20-11-12(10-19)8-17(20)14-2-3-15(16(18)9-14)13-4-6-21-7-5-13/h2-3,9,12-13,17H,4-8,10-11,19H2,1H3. The van der Waals surface area contributed by atoms with Gasteiger partial charge in [-0.25, -0.2) is 0 Å². The largest absolute Gasteiger partial charge is 0.381 e. The van der Waals surface area contributed by atoms with Gasteiger partial charge in [0.1, 0.15) is 0 Å². The quantitative estimate of drug-likeness (QED) is 0.932. The molecule has 0 aromatic heterocycles. The van der Waals surface area contributed by atoms with E-state index in [1.54, 1.807) is 0 Å². The number of hydrogen-bond acceptors (Lipinski definition) is 3. The van der Waals surface area contributed by atoms with E-state index in [4.69, 9.17) is 22.1 Å². The summed E-state index contributed by atoms with van der Waals surface area (Å²) in [4.78, 5) is 2.40. The van der Waals surface area contributed by atoms with E-state index < -0.39 is 0 Å². The zero-order valence-corrected chi connectivity index (χ0v) is 13.5. The second kappa shape index (κ2) is 6.66. The summed E-state index contributed by atoms with van der Waals surface area (Å²) >= 11 is 6.58. The molecule has 2 saturated heterocycles. The van der Waals surface area contributed by atoms with Crippen molar-refractivity contribution in [2.75, 3.05) is 33.4 Å². The number of nitrogens with zero attached hydrogens (tertiary/aromatic N) is 1. The van der Waals surface area contributed by atoms with Gasteiger partial charge in [-0.15, -0.1) is 0 Å². The predicted molar refractivity (Wildman–Crippen MR) is 86.8 cm³/mol. The molecule has 1 aromatic rings. The summed E-state index contributed by atoms with van der Waals surface area (Å²) in [6, 6.07) is 7.13. The normalized spacial score (nSPS) is 28.1. The van der Waals surface area contributed by atoms with Crippen molar-refractivity contribution in [1.29, 1.82) is 0 Å². The van der Waals surface area contributed by atoms with Crippen LogP contribution in [0.25, 0.3) is 0 Å². The van der Waals surface area contributed by atoms with Crippen LogP contribution in [0.1, 0.15) is 42.3 Å². The van der Waals surface area contributed by atoms with Gasteiger partial charge in [-0.1, -0.05) is 23.7 Å². The molecule has 3 rings (SSSR count). The fraction of sp³-hybridized carbons (Fsp3) is 0.647. The van der Waals surface area contributed by atoms with Crippen LogP contribution in [-0.2, 0) is 4.74 Å². The number of nitrogens with two attached hydrogens (primary N) is 1. The molecule has 2 aliphatic heterocycles. The Morgan fingerprint density at radius 2 is 2.10 bits per heavy atom. The second-order valence-electron chi connectivity index (χ2n) is 6.46. The number of ether oxygens (including phenoxy) is 1. The maximum Gasteiger partial charge on any atom is 0.0471 e. The van der Waals surface area contributed by atoms with Crippen molar-refractivity contribution in [2.45, 2.75) is 31.2 Å². The van der Waals surface area contributed by atoms with E-state index in [9.17, 15) is 0 Å². The lowest BCUT2D eigenvalue weighted by Crippen LogP contribution is -2.20. The molecule has 116 valence electrons.